The van der Waals surface area contributed by atoms with Gasteiger partial charge in [0.1, 0.15) is 6.23 Å². The summed E-state index contributed by atoms with van der Waals surface area (Å²) in [6.45, 7) is 11.6. The van der Waals surface area contributed by atoms with Crippen LogP contribution in [0.1, 0.15) is 110 Å². The van der Waals surface area contributed by atoms with E-state index in [9.17, 15) is 5.11 Å². The first kappa shape index (κ1) is 25.8. The maximum atomic E-state index is 11.4. The van der Waals surface area contributed by atoms with Crippen molar-refractivity contribution in [3.8, 4) is 0 Å². The predicted molar refractivity (Wildman–Crippen MR) is 137 cm³/mol. The van der Waals surface area contributed by atoms with Crippen molar-refractivity contribution in [2.45, 2.75) is 135 Å². The Hall–Kier alpha value is -0.835. The molecule has 1 aromatic rings. The lowest BCUT2D eigenvalue weighted by Crippen LogP contribution is -2.54. The van der Waals surface area contributed by atoms with Gasteiger partial charge in [-0.15, -0.1) is 0 Å². The maximum Gasteiger partial charge on any atom is 0.301 e. The first-order valence-corrected chi connectivity index (χ1v) is 13.6. The van der Waals surface area contributed by atoms with Gasteiger partial charge < -0.3 is 9.76 Å². The van der Waals surface area contributed by atoms with Gasteiger partial charge in [-0.25, -0.2) is 0 Å². The van der Waals surface area contributed by atoms with Crippen LogP contribution < -0.4 is 0 Å². The summed E-state index contributed by atoms with van der Waals surface area (Å²) in [5.74, 6) is 1.35. The molecular weight excluding hydrogens is 393 g/mol. The largest absolute Gasteiger partial charge is 0.420 e. The molecule has 0 saturated heterocycles. The molecular formula is C28H48BNO2. The summed E-state index contributed by atoms with van der Waals surface area (Å²) in [7, 11) is 0. The first-order chi connectivity index (χ1) is 15.4. The summed E-state index contributed by atoms with van der Waals surface area (Å²) >= 11 is 0. The Labute approximate surface area is 198 Å². The Morgan fingerprint density at radius 3 is 1.69 bits per heavy atom. The monoisotopic (exact) mass is 441 g/mol. The van der Waals surface area contributed by atoms with Crippen molar-refractivity contribution in [2.75, 3.05) is 0 Å². The Morgan fingerprint density at radius 2 is 1.25 bits per heavy atom. The highest BCUT2D eigenvalue weighted by atomic mass is 16.5. The van der Waals surface area contributed by atoms with E-state index >= 15 is 0 Å². The number of nitrogens with zero attached hydrogens (tertiary/aromatic N) is 1. The van der Waals surface area contributed by atoms with Crippen LogP contribution in [0.5, 0.6) is 0 Å². The number of benzene rings is 1. The number of hydrogen-bond donors (Lipinski definition) is 1. The zero-order valence-electron chi connectivity index (χ0n) is 21.4. The number of aliphatic hydroxyl groups excluding tert-OH is 1. The molecule has 0 aliphatic heterocycles. The molecule has 0 radical (unpaired) electrons. The van der Waals surface area contributed by atoms with Crippen LogP contribution in [-0.4, -0.2) is 35.2 Å². The predicted octanol–water partition coefficient (Wildman–Crippen LogP) is 7.48. The summed E-state index contributed by atoms with van der Waals surface area (Å²) < 4.78 is 7.28. The molecule has 0 aromatic heterocycles. The van der Waals surface area contributed by atoms with Crippen molar-refractivity contribution in [1.29, 1.82) is 0 Å². The Bertz CT molecular complexity index is 614. The minimum Gasteiger partial charge on any atom is -0.420 e. The molecule has 1 aromatic carbocycles. The van der Waals surface area contributed by atoms with Crippen LogP contribution in [0, 0.1) is 5.92 Å². The van der Waals surface area contributed by atoms with Crippen molar-refractivity contribution in [2.24, 2.45) is 5.92 Å². The molecule has 0 bridgehead atoms. The van der Waals surface area contributed by atoms with E-state index in [0.29, 0.717) is 30.6 Å². The van der Waals surface area contributed by atoms with E-state index in [2.05, 4.69) is 39.5 Å². The molecule has 1 unspecified atom stereocenters. The van der Waals surface area contributed by atoms with Gasteiger partial charge in [0.25, 0.3) is 0 Å². The molecule has 2 aliphatic rings. The number of aliphatic hydroxyl groups is 1. The summed E-state index contributed by atoms with van der Waals surface area (Å²) in [6.07, 6.45) is 12.8. The quantitative estimate of drug-likeness (QED) is 0.302. The molecule has 2 fully saturated rings. The minimum atomic E-state index is -0.528. The van der Waals surface area contributed by atoms with Crippen LogP contribution >= 0.6 is 0 Å². The SMILES string of the molecule is CC(C)N(C(C)C)C(OB(C1CCCCC1)C1CCCCC1)[C@@H](C)[C@@H](O)c1ccccc1. The number of hydrogen-bond acceptors (Lipinski definition) is 3. The lowest BCUT2D eigenvalue weighted by atomic mass is 9.41. The molecule has 180 valence electrons. The molecule has 3 nitrogen and oxygen atoms in total. The highest BCUT2D eigenvalue weighted by Gasteiger charge is 2.42. The molecule has 4 heteroatoms. The lowest BCUT2D eigenvalue weighted by molar-refractivity contribution is -0.0901. The highest BCUT2D eigenvalue weighted by Crippen LogP contribution is 2.43. The van der Waals surface area contributed by atoms with Crippen LogP contribution in [-0.2, 0) is 4.65 Å². The standard InChI is InChI=1S/C28H48BNO2/c1-21(2)30(22(3)4)28(23(5)27(31)24-15-9-6-10-16-24)32-29(25-17-11-7-12-18-25)26-19-13-8-14-20-26/h6,9-10,15-16,21-23,25-28,31H,7-8,11-14,17-20H2,1-5H3/t23-,27+,28?/m0/s1. The Morgan fingerprint density at radius 1 is 0.781 bits per heavy atom. The van der Waals surface area contributed by atoms with Crippen LogP contribution in [0.4, 0.5) is 0 Å². The summed E-state index contributed by atoms with van der Waals surface area (Å²) in [6, 6.07) is 10.9. The second-order valence-electron chi connectivity index (χ2n) is 11.1. The van der Waals surface area contributed by atoms with Crippen LogP contribution in [0.3, 0.4) is 0 Å². The third-order valence-corrected chi connectivity index (χ3v) is 8.10. The molecule has 2 aliphatic carbocycles. The molecule has 32 heavy (non-hydrogen) atoms. The smallest absolute Gasteiger partial charge is 0.301 e. The first-order valence-electron chi connectivity index (χ1n) is 13.6. The van der Waals surface area contributed by atoms with Gasteiger partial charge >= 0.3 is 6.92 Å². The summed E-state index contributed by atoms with van der Waals surface area (Å²) in [5, 5.41) is 11.4. The zero-order chi connectivity index (χ0) is 23.1. The van der Waals surface area contributed by atoms with E-state index in [1.54, 1.807) is 0 Å². The zero-order valence-corrected chi connectivity index (χ0v) is 21.4. The fourth-order valence-electron chi connectivity index (χ4n) is 6.45. The normalized spacial score (nSPS) is 21.8. The Balaban J connectivity index is 1.90. The van der Waals surface area contributed by atoms with Crippen LogP contribution in [0.2, 0.25) is 11.6 Å². The second-order valence-corrected chi connectivity index (χ2v) is 11.1. The van der Waals surface area contributed by atoms with E-state index < -0.39 is 6.10 Å². The molecule has 0 spiro atoms. The third kappa shape index (κ3) is 6.61. The number of rotatable bonds is 10. The highest BCUT2D eigenvalue weighted by molar-refractivity contribution is 6.55. The third-order valence-electron chi connectivity index (χ3n) is 8.10. The van der Waals surface area contributed by atoms with E-state index in [4.69, 9.17) is 4.65 Å². The summed E-state index contributed by atoms with van der Waals surface area (Å²) in [4.78, 5) is 2.51. The van der Waals surface area contributed by atoms with E-state index in [-0.39, 0.29) is 12.1 Å². The van der Waals surface area contributed by atoms with Gasteiger partial charge in [0.2, 0.25) is 0 Å². The Kier molecular flexibility index (Phi) is 10.1. The molecule has 3 atom stereocenters. The van der Waals surface area contributed by atoms with Crippen molar-refractivity contribution in [1.82, 2.24) is 4.90 Å². The molecule has 3 rings (SSSR count). The second kappa shape index (κ2) is 12.6. The van der Waals surface area contributed by atoms with E-state index in [1.807, 2.05) is 30.3 Å². The lowest BCUT2D eigenvalue weighted by Gasteiger charge is -2.46. The van der Waals surface area contributed by atoms with Gasteiger partial charge in [-0.3, -0.25) is 4.90 Å². The van der Waals surface area contributed by atoms with Gasteiger partial charge in [-0.2, -0.15) is 0 Å². The summed E-state index contributed by atoms with van der Waals surface area (Å²) in [5.41, 5.74) is 0.993. The van der Waals surface area contributed by atoms with Gasteiger partial charge in [0.15, 0.2) is 0 Å². The van der Waals surface area contributed by atoms with E-state index in [1.165, 1.54) is 64.2 Å². The fourth-order valence-corrected chi connectivity index (χ4v) is 6.45. The van der Waals surface area contributed by atoms with Gasteiger partial charge in [-0.05, 0) is 44.9 Å². The van der Waals surface area contributed by atoms with Crippen molar-refractivity contribution >= 4 is 6.92 Å². The molecule has 1 N–H and O–H groups in total. The molecule has 0 heterocycles. The molecule has 0 amide bonds. The van der Waals surface area contributed by atoms with Gasteiger partial charge in [0.05, 0.1) is 6.10 Å². The van der Waals surface area contributed by atoms with Crippen LogP contribution in [0.25, 0.3) is 0 Å². The van der Waals surface area contributed by atoms with Gasteiger partial charge in [0, 0.05) is 18.0 Å². The minimum absolute atomic E-state index is 0.00289. The average molecular weight is 442 g/mol. The maximum absolute atomic E-state index is 11.4. The van der Waals surface area contributed by atoms with Crippen molar-refractivity contribution < 1.29 is 9.76 Å². The average Bonchev–Trinajstić information content (AvgIpc) is 2.82. The van der Waals surface area contributed by atoms with Crippen molar-refractivity contribution in [3.05, 3.63) is 35.9 Å². The molecule has 2 saturated carbocycles. The van der Waals surface area contributed by atoms with Crippen molar-refractivity contribution in [3.63, 3.8) is 0 Å². The van der Waals surface area contributed by atoms with E-state index in [0.717, 1.165) is 5.56 Å². The van der Waals surface area contributed by atoms with Gasteiger partial charge in [-0.1, -0.05) is 101 Å². The van der Waals surface area contributed by atoms with Crippen LogP contribution in [0.15, 0.2) is 30.3 Å². The fraction of sp³-hybridized carbons (Fsp3) is 0.786. The topological polar surface area (TPSA) is 32.7 Å².